The van der Waals surface area contributed by atoms with Gasteiger partial charge in [0.25, 0.3) is 23.5 Å². The van der Waals surface area contributed by atoms with Crippen LogP contribution in [0, 0.1) is 36.5 Å². The van der Waals surface area contributed by atoms with Crippen LogP contribution in [0.2, 0.25) is 0 Å². The molecule has 30 nitrogen and oxygen atoms in total. The van der Waals surface area contributed by atoms with E-state index in [-0.39, 0.29) is 118 Å². The summed E-state index contributed by atoms with van der Waals surface area (Å²) >= 11 is 0. The molecule has 0 spiro atoms. The third kappa shape index (κ3) is 21.3. The van der Waals surface area contributed by atoms with Gasteiger partial charge in [-0.1, -0.05) is 134 Å². The fourth-order valence-corrected chi connectivity index (χ4v) is 15.6. The Labute approximate surface area is 684 Å². The van der Waals surface area contributed by atoms with E-state index in [9.17, 15) is 63.0 Å². The fraction of sp³-hybridized carbons (Fsp3) is 0.455. The van der Waals surface area contributed by atoms with E-state index in [0.29, 0.717) is 62.0 Å². The lowest BCUT2D eigenvalue weighted by molar-refractivity contribution is -0.152. The maximum Gasteiger partial charge on any atom is 0.312 e. The van der Waals surface area contributed by atoms with Gasteiger partial charge in [0.1, 0.15) is 58.4 Å². The predicted octanol–water partition coefficient (Wildman–Crippen LogP) is 8.29. The number of hydrogen-bond donors (Lipinski definition) is 8. The van der Waals surface area contributed by atoms with E-state index in [4.69, 9.17) is 23.6 Å². The number of nitrogens with zero attached hydrogens (tertiary/aromatic N) is 5. The van der Waals surface area contributed by atoms with E-state index in [1.54, 1.807) is 87.5 Å². The van der Waals surface area contributed by atoms with E-state index in [2.05, 4.69) is 52.7 Å². The van der Waals surface area contributed by atoms with E-state index >= 15 is 9.59 Å². The number of likely N-dealkylation sites (N-methyl/N-ethyl adjacent to an activating group) is 1. The molecule has 0 radical (unpaired) electrons. The third-order valence-corrected chi connectivity index (χ3v) is 22.1. The number of esters is 1. The highest BCUT2D eigenvalue weighted by Crippen LogP contribution is 2.51. The van der Waals surface area contributed by atoms with Gasteiger partial charge < -0.3 is 75.4 Å². The van der Waals surface area contributed by atoms with Crippen LogP contribution in [-0.2, 0) is 75.1 Å². The number of amides is 10. The van der Waals surface area contributed by atoms with Crippen LogP contribution in [0.1, 0.15) is 148 Å². The van der Waals surface area contributed by atoms with Crippen molar-refractivity contribution >= 4 is 104 Å². The van der Waals surface area contributed by atoms with Crippen LogP contribution in [0.3, 0.4) is 0 Å². The number of carbonyl (C=O) groups is 12. The first kappa shape index (κ1) is 88.1. The van der Waals surface area contributed by atoms with Crippen molar-refractivity contribution in [3.05, 3.63) is 154 Å². The molecule has 1 fully saturated rings. The monoisotopic (exact) mass is 1620 g/mol. The van der Waals surface area contributed by atoms with E-state index in [0.717, 1.165) is 34.8 Å². The number of allylic oxidation sites excluding steroid dienone is 4. The summed E-state index contributed by atoms with van der Waals surface area (Å²) in [5.74, 6) is -11.2. The molecular weight excluding hydrogens is 1520 g/mol. The van der Waals surface area contributed by atoms with Crippen molar-refractivity contribution in [2.24, 2.45) is 29.6 Å². The number of carbonyl (C=O) groups excluding carboxylic acids is 12. The summed E-state index contributed by atoms with van der Waals surface area (Å²) in [6.07, 6.45) is 13.4. The number of piperidine rings is 1. The number of aromatic hydroxyl groups is 2. The summed E-state index contributed by atoms with van der Waals surface area (Å²) in [5.41, 5.74) is 0.184. The molecule has 6 aliphatic heterocycles. The van der Waals surface area contributed by atoms with Gasteiger partial charge in [0.05, 0.1) is 36.8 Å². The quantitative estimate of drug-likeness (QED) is 0.0109. The standard InChI is InChI=1S/C88H107N11O19/c1-13-35-98(70(107)46-89-65(102)34-38-99-68(105)30-31-69(99)106)48-67(104)93-74(51(5)14-2)87(114)96(12)47-66(103)91-61(42-57-26-17-15-18-27-57)86(113)92-62(43-58-28-19-16-20-29-58)85(112)90-59-32-36-97(37-33-59)60-44-63(101)75-64(45-60)117-82-76(94-75)71-72-78(108)55(9)81-73(71)83(110)88(11,118-81)115-39-22-25-52(6)80(116-56(10)100)54(8)41-50(4)40-49(3)23-21-24-53(7)84(111)95-77(82)79(72)109/h15-24,26-31,39,44-45,49-52,54,59,61-62,74,80,101,108H,13-14,25,32-38,40-43,46-48H2,1-12H3,(H,89,102)(H,90,112)(H,91,103)(H,92,113)(H,93,104)(H,95,111)/b23-21+,39-22+,53-24-/t49-,50+,51-,52+,54+,61-,62-,74?,80+,88-/m0/s1. The van der Waals surface area contributed by atoms with Gasteiger partial charge in [-0.3, -0.25) is 67.2 Å². The molecule has 6 heterocycles. The van der Waals surface area contributed by atoms with Crippen LogP contribution >= 0.6 is 0 Å². The van der Waals surface area contributed by atoms with Gasteiger partial charge >= 0.3 is 11.8 Å². The minimum absolute atomic E-state index is 0.0147. The highest BCUT2D eigenvalue weighted by molar-refractivity contribution is 6.22. The van der Waals surface area contributed by atoms with Gasteiger partial charge in [-0.15, -0.1) is 0 Å². The molecule has 0 aromatic heterocycles. The van der Waals surface area contributed by atoms with E-state index < -0.39 is 149 Å². The number of Topliss-reactive ketones (excluding diaryl/α,β-unsaturated/α-hetero) is 1. The van der Waals surface area contributed by atoms with Crippen molar-refractivity contribution in [3.8, 4) is 28.7 Å². The molecule has 4 aromatic rings. The van der Waals surface area contributed by atoms with Crippen LogP contribution in [0.5, 0.6) is 17.2 Å². The van der Waals surface area contributed by atoms with Gasteiger partial charge in [-0.05, 0) is 99.2 Å². The number of fused-ring (bicyclic) bond motifs is 14. The molecule has 11 rings (SSSR count). The topological polar surface area (TPSA) is 401 Å². The summed E-state index contributed by atoms with van der Waals surface area (Å²) < 4.78 is 25.0. The highest BCUT2D eigenvalue weighted by atomic mass is 16.7. The predicted molar refractivity (Wildman–Crippen MR) is 441 cm³/mol. The minimum Gasteiger partial charge on any atom is -0.507 e. The summed E-state index contributed by atoms with van der Waals surface area (Å²) in [6, 6.07) is 16.9. The third-order valence-electron chi connectivity index (χ3n) is 22.1. The molecule has 10 atom stereocenters. The van der Waals surface area contributed by atoms with Crippen molar-refractivity contribution in [2.75, 3.05) is 63.1 Å². The SMILES string of the molecule is CCCN(CC(=O)NC(C(=O)N(C)CC(=O)N[C@@H](Cc1ccccc1)C(=O)N[C@@H](Cc1ccccc1)C(=O)NC1CCN(c2cc(O)c3nc4c5c6c7c(C)c(O)c5c(=O)c(c-4oc3c2)NC(=O)/C(C)=C\C=C\[C@H](C)C[C@@H](C)C[C@@H](C)[C@H](OC(C)=O)[C@H](C)C/C=C/O[C@@](C)(O7)C6=O)CC1)[C@@H](C)CC)C(=O)CNC(=O)CCN1C(=O)C=CC1=O. The smallest absolute Gasteiger partial charge is 0.312 e. The second-order valence-electron chi connectivity index (χ2n) is 31.7. The Morgan fingerprint density at radius 3 is 2.08 bits per heavy atom. The number of ether oxygens (including phenoxy) is 3. The normalized spacial score (nSPS) is 21.3. The van der Waals surface area contributed by atoms with Gasteiger partial charge in [-0.25, -0.2) is 4.98 Å². The second kappa shape index (κ2) is 39.1. The van der Waals surface area contributed by atoms with Crippen LogP contribution < -0.4 is 47.0 Å². The minimum atomic E-state index is -2.05. The molecule has 0 saturated carbocycles. The van der Waals surface area contributed by atoms with Crippen LogP contribution in [-0.4, -0.2) is 190 Å². The Morgan fingerprint density at radius 1 is 0.797 bits per heavy atom. The number of imide groups is 1. The zero-order valence-electron chi connectivity index (χ0n) is 68.8. The lowest BCUT2D eigenvalue weighted by Gasteiger charge is -2.35. The van der Waals surface area contributed by atoms with E-state index in [1.807, 2.05) is 43.0 Å². The number of phenolic OH excluding ortho intramolecular Hbond substituents is 2. The van der Waals surface area contributed by atoms with Gasteiger partial charge in [0.2, 0.25) is 46.8 Å². The van der Waals surface area contributed by atoms with Crippen molar-refractivity contribution in [1.29, 1.82) is 0 Å². The highest BCUT2D eigenvalue weighted by Gasteiger charge is 2.50. The molecule has 30 heteroatoms. The van der Waals surface area contributed by atoms with E-state index in [1.165, 1.54) is 45.0 Å². The average Bonchev–Trinajstić information content (AvgIpc) is 1.44. The molecular formula is C88H107N11O19. The molecule has 10 amide bonds. The number of aromatic nitrogens is 1. The second-order valence-corrected chi connectivity index (χ2v) is 31.7. The zero-order chi connectivity index (χ0) is 85.6. The van der Waals surface area contributed by atoms with Crippen molar-refractivity contribution < 1.29 is 86.4 Å². The molecule has 628 valence electrons. The Hall–Kier alpha value is -12.2. The van der Waals surface area contributed by atoms with Crippen LogP contribution in [0.25, 0.3) is 33.3 Å². The molecule has 1 aliphatic carbocycles. The lowest BCUT2D eigenvalue weighted by atomic mass is 9.82. The molecule has 1 unspecified atom stereocenters. The Morgan fingerprint density at radius 2 is 1.44 bits per heavy atom. The number of phenols is 2. The fourth-order valence-electron chi connectivity index (χ4n) is 15.6. The molecule has 8 N–H and O–H groups in total. The summed E-state index contributed by atoms with van der Waals surface area (Å²) in [5, 5.41) is 40.4. The van der Waals surface area contributed by atoms with Gasteiger partial charge in [-0.2, -0.15) is 0 Å². The molecule has 1 saturated heterocycles. The number of hydrogen-bond acceptors (Lipinski definition) is 21. The average molecular weight is 1620 g/mol. The van der Waals surface area contributed by atoms with Crippen molar-refractivity contribution in [3.63, 3.8) is 0 Å². The first-order valence-corrected chi connectivity index (χ1v) is 40.3. The lowest BCUT2D eigenvalue weighted by Crippen LogP contribution is -2.58. The summed E-state index contributed by atoms with van der Waals surface area (Å²) in [6.45, 7) is 18.4. The maximum atomic E-state index is 15.2. The van der Waals surface area contributed by atoms with Crippen molar-refractivity contribution in [2.45, 2.75) is 176 Å². The van der Waals surface area contributed by atoms with Crippen molar-refractivity contribution in [1.82, 2.24) is 46.3 Å². The first-order valence-electron chi connectivity index (χ1n) is 40.3. The summed E-state index contributed by atoms with van der Waals surface area (Å²) in [7, 11) is 1.38. The zero-order valence-corrected chi connectivity index (χ0v) is 68.8. The largest absolute Gasteiger partial charge is 0.507 e. The first-order chi connectivity index (χ1) is 56.2. The number of anilines is 2. The Kier molecular flexibility index (Phi) is 29.2. The molecule has 5 bridgehead atoms. The summed E-state index contributed by atoms with van der Waals surface area (Å²) in [4.78, 5) is 189. The molecule has 7 aliphatic rings. The Balaban J connectivity index is 0.853. The van der Waals surface area contributed by atoms with Gasteiger partial charge in [0, 0.05) is 119 Å². The van der Waals surface area contributed by atoms with Crippen LogP contribution in [0.15, 0.2) is 130 Å². The molecule has 4 aromatic carbocycles. The number of rotatable bonds is 26. The number of ketones is 1. The van der Waals surface area contributed by atoms with Gasteiger partial charge in [0.15, 0.2) is 11.3 Å². The Bertz CT molecular complexity index is 4960. The maximum absolute atomic E-state index is 15.2. The number of nitrogens with one attached hydrogen (secondary N) is 6. The molecule has 118 heavy (non-hydrogen) atoms. The van der Waals surface area contributed by atoms with Crippen LogP contribution in [0.4, 0.5) is 11.4 Å². The number of benzene rings is 5.